The molecule has 3 aromatic rings. The van der Waals surface area contributed by atoms with Gasteiger partial charge in [0.1, 0.15) is 6.04 Å². The lowest BCUT2D eigenvalue weighted by Gasteiger charge is -2.19. The maximum atomic E-state index is 13.1. The highest BCUT2D eigenvalue weighted by molar-refractivity contribution is 6.30. The van der Waals surface area contributed by atoms with Crippen molar-refractivity contribution in [3.8, 4) is 11.1 Å². The summed E-state index contributed by atoms with van der Waals surface area (Å²) in [5.74, 6) is -1.89. The van der Waals surface area contributed by atoms with Crippen LogP contribution in [-0.4, -0.2) is 23.0 Å². The van der Waals surface area contributed by atoms with Gasteiger partial charge in [-0.2, -0.15) is 0 Å². The zero-order chi connectivity index (χ0) is 19.7. The summed E-state index contributed by atoms with van der Waals surface area (Å²) in [4.78, 5) is 24.9. The Morgan fingerprint density at radius 3 is 1.96 bits per heavy atom. The monoisotopic (exact) mass is 391 g/mol. The van der Waals surface area contributed by atoms with Crippen LogP contribution in [0.25, 0.3) is 11.1 Å². The van der Waals surface area contributed by atoms with Crippen LogP contribution in [0.4, 0.5) is 0 Å². The molecule has 0 aliphatic heterocycles. The van der Waals surface area contributed by atoms with Gasteiger partial charge in [0, 0.05) is 11.4 Å². The van der Waals surface area contributed by atoms with Crippen molar-refractivity contribution in [1.29, 1.82) is 0 Å². The molecule has 0 bridgehead atoms. The number of halogens is 1. The average Bonchev–Trinajstić information content (AvgIpc) is 3.03. The number of hydrogen-bond acceptors (Lipinski definition) is 2. The molecule has 1 aliphatic carbocycles. The number of hydrogen-bond donors (Lipinski definition) is 2. The molecular formula is C23H18ClNO3. The van der Waals surface area contributed by atoms with E-state index < -0.39 is 17.9 Å². The van der Waals surface area contributed by atoms with Crippen molar-refractivity contribution in [1.82, 2.24) is 5.32 Å². The van der Waals surface area contributed by atoms with E-state index >= 15 is 0 Å². The van der Waals surface area contributed by atoms with E-state index in [1.807, 2.05) is 48.5 Å². The molecular weight excluding hydrogens is 374 g/mol. The number of nitrogens with one attached hydrogen (secondary N) is 1. The standard InChI is InChI=1S/C23H18ClNO3/c24-15-11-9-14(10-12-15)13-20(23(27)28)25-22(26)21-18-7-3-1-5-16(18)17-6-2-4-8-19(17)21/h1-12,20-21H,13H2,(H,25,26)(H,27,28)/t20-/m0/s1. The second kappa shape index (κ2) is 7.49. The van der Waals surface area contributed by atoms with Gasteiger partial charge in [-0.3, -0.25) is 4.79 Å². The van der Waals surface area contributed by atoms with Crippen molar-refractivity contribution in [3.05, 3.63) is 94.5 Å². The average molecular weight is 392 g/mol. The molecule has 5 heteroatoms. The summed E-state index contributed by atoms with van der Waals surface area (Å²) in [7, 11) is 0. The molecule has 3 aromatic carbocycles. The number of carbonyl (C=O) groups excluding carboxylic acids is 1. The van der Waals surface area contributed by atoms with Crippen molar-refractivity contribution in [2.75, 3.05) is 0 Å². The van der Waals surface area contributed by atoms with E-state index in [0.717, 1.165) is 27.8 Å². The van der Waals surface area contributed by atoms with Crippen molar-refractivity contribution in [2.24, 2.45) is 0 Å². The molecule has 4 rings (SSSR count). The second-order valence-electron chi connectivity index (χ2n) is 6.84. The molecule has 0 unspecified atom stereocenters. The molecule has 28 heavy (non-hydrogen) atoms. The minimum absolute atomic E-state index is 0.189. The fraction of sp³-hybridized carbons (Fsp3) is 0.130. The molecule has 0 heterocycles. The molecule has 4 nitrogen and oxygen atoms in total. The fourth-order valence-corrected chi connectivity index (χ4v) is 3.88. The van der Waals surface area contributed by atoms with Crippen LogP contribution in [0.5, 0.6) is 0 Å². The van der Waals surface area contributed by atoms with Crippen LogP contribution in [0.3, 0.4) is 0 Å². The molecule has 2 N–H and O–H groups in total. The number of carbonyl (C=O) groups is 2. The van der Waals surface area contributed by atoms with Crippen molar-refractivity contribution >= 4 is 23.5 Å². The van der Waals surface area contributed by atoms with Gasteiger partial charge in [-0.15, -0.1) is 0 Å². The van der Waals surface area contributed by atoms with Gasteiger partial charge < -0.3 is 10.4 Å². The molecule has 0 spiro atoms. The molecule has 1 amide bonds. The molecule has 0 radical (unpaired) electrons. The smallest absolute Gasteiger partial charge is 0.326 e. The van der Waals surface area contributed by atoms with Crippen molar-refractivity contribution < 1.29 is 14.7 Å². The first-order chi connectivity index (χ1) is 13.5. The third-order valence-electron chi connectivity index (χ3n) is 5.06. The van der Waals surface area contributed by atoms with Gasteiger partial charge in [0.15, 0.2) is 0 Å². The van der Waals surface area contributed by atoms with Gasteiger partial charge in [-0.05, 0) is 39.9 Å². The Labute approximate surface area is 167 Å². The Bertz CT molecular complexity index is 1000. The predicted molar refractivity (Wildman–Crippen MR) is 108 cm³/mol. The topological polar surface area (TPSA) is 66.4 Å². The molecule has 0 aromatic heterocycles. The second-order valence-corrected chi connectivity index (χ2v) is 7.27. The molecule has 1 aliphatic rings. The summed E-state index contributed by atoms with van der Waals surface area (Å²) < 4.78 is 0. The van der Waals surface area contributed by atoms with Gasteiger partial charge in [0.25, 0.3) is 0 Å². The lowest BCUT2D eigenvalue weighted by molar-refractivity contribution is -0.141. The first-order valence-electron chi connectivity index (χ1n) is 9.00. The molecule has 0 saturated heterocycles. The highest BCUT2D eigenvalue weighted by Gasteiger charge is 2.35. The van der Waals surface area contributed by atoms with E-state index in [-0.39, 0.29) is 12.3 Å². The van der Waals surface area contributed by atoms with Crippen LogP contribution < -0.4 is 5.32 Å². The van der Waals surface area contributed by atoms with Crippen LogP contribution in [0.2, 0.25) is 5.02 Å². The predicted octanol–water partition coefficient (Wildman–Crippen LogP) is 4.26. The van der Waals surface area contributed by atoms with E-state index in [2.05, 4.69) is 5.32 Å². The fourth-order valence-electron chi connectivity index (χ4n) is 3.75. The van der Waals surface area contributed by atoms with E-state index in [4.69, 9.17) is 11.6 Å². The number of rotatable bonds is 5. The molecule has 0 saturated carbocycles. The van der Waals surface area contributed by atoms with Gasteiger partial charge in [-0.25, -0.2) is 4.79 Å². The summed E-state index contributed by atoms with van der Waals surface area (Å²) in [6.07, 6.45) is 0.189. The third-order valence-corrected chi connectivity index (χ3v) is 5.32. The van der Waals surface area contributed by atoms with Crippen LogP contribution >= 0.6 is 11.6 Å². The Balaban J connectivity index is 1.61. The maximum absolute atomic E-state index is 13.1. The summed E-state index contributed by atoms with van der Waals surface area (Å²) in [5.41, 5.74) is 4.63. The highest BCUT2D eigenvalue weighted by atomic mass is 35.5. The number of amides is 1. The highest BCUT2D eigenvalue weighted by Crippen LogP contribution is 2.44. The molecule has 140 valence electrons. The minimum Gasteiger partial charge on any atom is -0.480 e. The third kappa shape index (κ3) is 3.39. The Morgan fingerprint density at radius 1 is 0.893 bits per heavy atom. The summed E-state index contributed by atoms with van der Waals surface area (Å²) in [6, 6.07) is 21.4. The Morgan fingerprint density at radius 2 is 1.43 bits per heavy atom. The SMILES string of the molecule is O=C(N[C@@H](Cc1ccc(Cl)cc1)C(=O)O)C1c2ccccc2-c2ccccc21. The van der Waals surface area contributed by atoms with Crippen molar-refractivity contribution in [3.63, 3.8) is 0 Å². The quantitative estimate of drug-likeness (QED) is 0.682. The zero-order valence-electron chi connectivity index (χ0n) is 14.9. The van der Waals surface area contributed by atoms with E-state index in [0.29, 0.717) is 5.02 Å². The van der Waals surface area contributed by atoms with Gasteiger partial charge in [-0.1, -0.05) is 72.3 Å². The Hall–Kier alpha value is -3.11. The first kappa shape index (κ1) is 18.3. The molecule has 1 atom stereocenters. The van der Waals surface area contributed by atoms with Crippen LogP contribution in [-0.2, 0) is 16.0 Å². The number of aliphatic carboxylic acids is 1. The first-order valence-corrected chi connectivity index (χ1v) is 9.38. The number of carboxylic acids is 1. The van der Waals surface area contributed by atoms with Crippen LogP contribution in [0.1, 0.15) is 22.6 Å². The molecule has 0 fully saturated rings. The normalized spacial score (nSPS) is 13.5. The number of carboxylic acid groups (broad SMARTS) is 1. The van der Waals surface area contributed by atoms with Gasteiger partial charge in [0.2, 0.25) is 5.91 Å². The van der Waals surface area contributed by atoms with E-state index in [1.165, 1.54) is 0 Å². The van der Waals surface area contributed by atoms with Gasteiger partial charge >= 0.3 is 5.97 Å². The summed E-state index contributed by atoms with van der Waals surface area (Å²) in [6.45, 7) is 0. The van der Waals surface area contributed by atoms with Crippen LogP contribution in [0, 0.1) is 0 Å². The largest absolute Gasteiger partial charge is 0.480 e. The lowest BCUT2D eigenvalue weighted by atomic mass is 9.95. The van der Waals surface area contributed by atoms with Gasteiger partial charge in [0.05, 0.1) is 5.92 Å². The maximum Gasteiger partial charge on any atom is 0.326 e. The van der Waals surface area contributed by atoms with E-state index in [9.17, 15) is 14.7 Å². The Kier molecular flexibility index (Phi) is 4.88. The van der Waals surface area contributed by atoms with Crippen molar-refractivity contribution in [2.45, 2.75) is 18.4 Å². The van der Waals surface area contributed by atoms with E-state index in [1.54, 1.807) is 24.3 Å². The lowest BCUT2D eigenvalue weighted by Crippen LogP contribution is -2.44. The zero-order valence-corrected chi connectivity index (χ0v) is 15.7. The number of fused-ring (bicyclic) bond motifs is 3. The number of benzene rings is 3. The summed E-state index contributed by atoms with van der Waals surface area (Å²) >= 11 is 5.89. The van der Waals surface area contributed by atoms with Crippen LogP contribution in [0.15, 0.2) is 72.8 Å². The summed E-state index contributed by atoms with van der Waals surface area (Å²) in [5, 5.41) is 12.9. The minimum atomic E-state index is -1.07.